The molecule has 27 heavy (non-hydrogen) atoms. The second-order valence-electron chi connectivity index (χ2n) is 8.42. The summed E-state index contributed by atoms with van der Waals surface area (Å²) in [7, 11) is 1.36. The van der Waals surface area contributed by atoms with Crippen LogP contribution in [0.4, 0.5) is 0 Å². The Balaban J connectivity index is 1.79. The predicted molar refractivity (Wildman–Crippen MR) is 94.3 cm³/mol. The van der Waals surface area contributed by atoms with Gasteiger partial charge in [0.15, 0.2) is 5.78 Å². The fourth-order valence-electron chi connectivity index (χ4n) is 5.48. The van der Waals surface area contributed by atoms with Crippen molar-refractivity contribution < 1.29 is 28.3 Å². The molecule has 0 radical (unpaired) electrons. The van der Waals surface area contributed by atoms with Crippen molar-refractivity contribution >= 4 is 17.7 Å². The number of ether oxygens (including phenoxy) is 2. The molecule has 2 heterocycles. The lowest BCUT2D eigenvalue weighted by atomic mass is 9.48. The van der Waals surface area contributed by atoms with Gasteiger partial charge in [-0.25, -0.2) is 0 Å². The van der Waals surface area contributed by atoms with Crippen LogP contribution in [0, 0.1) is 22.7 Å². The monoisotopic (exact) mass is 372 g/mol. The van der Waals surface area contributed by atoms with E-state index < -0.39 is 22.9 Å². The van der Waals surface area contributed by atoms with Crippen LogP contribution in [0.2, 0.25) is 0 Å². The lowest BCUT2D eigenvalue weighted by Gasteiger charge is -2.56. The summed E-state index contributed by atoms with van der Waals surface area (Å²) < 4.78 is 15.9. The summed E-state index contributed by atoms with van der Waals surface area (Å²) in [5.74, 6) is -1.52. The van der Waals surface area contributed by atoms with Crippen LogP contribution >= 0.6 is 0 Å². The third kappa shape index (κ3) is 2.57. The molecular formula is C21H24O6. The SMILES string of the molecule is COC(=O)[C@@H]1CC(=O)C=C2[C@@]1(C)CC[C@H]1C(=O)O[C@H](c3ccoc3)C[C@]21C. The first-order valence-electron chi connectivity index (χ1n) is 9.35. The Labute approximate surface area is 157 Å². The van der Waals surface area contributed by atoms with E-state index in [1.54, 1.807) is 24.7 Å². The van der Waals surface area contributed by atoms with Gasteiger partial charge in [-0.15, -0.1) is 0 Å². The highest BCUT2D eigenvalue weighted by Gasteiger charge is 2.60. The van der Waals surface area contributed by atoms with Gasteiger partial charge in [0.25, 0.3) is 0 Å². The number of hydrogen-bond donors (Lipinski definition) is 0. The van der Waals surface area contributed by atoms with E-state index in [1.165, 1.54) is 7.11 Å². The molecule has 6 nitrogen and oxygen atoms in total. The van der Waals surface area contributed by atoms with Crippen LogP contribution in [0.3, 0.4) is 0 Å². The maximum atomic E-state index is 12.8. The van der Waals surface area contributed by atoms with E-state index in [0.29, 0.717) is 19.3 Å². The highest BCUT2D eigenvalue weighted by atomic mass is 16.5. The smallest absolute Gasteiger partial charge is 0.310 e. The number of cyclic esters (lactones) is 1. The second kappa shape index (κ2) is 6.08. The minimum absolute atomic E-state index is 0.0847. The fourth-order valence-corrected chi connectivity index (χ4v) is 5.48. The van der Waals surface area contributed by atoms with Gasteiger partial charge in [-0.2, -0.15) is 0 Å². The Morgan fingerprint density at radius 3 is 2.70 bits per heavy atom. The molecule has 0 spiro atoms. The number of carbonyl (C=O) groups excluding carboxylic acids is 3. The standard InChI is InChI=1S/C21H24O6/c1-20-6-4-14-19(24)27-16(12-5-7-26-11-12)10-21(14,2)17(20)9-13(22)8-15(20)18(23)25-3/h5,7,9,11,14-16H,4,6,8,10H2,1-3H3/t14-,15-,16-,20-,21-/m0/s1. The van der Waals surface area contributed by atoms with Gasteiger partial charge < -0.3 is 13.9 Å². The quantitative estimate of drug-likeness (QED) is 0.740. The topological polar surface area (TPSA) is 82.8 Å². The van der Waals surface area contributed by atoms with Crippen LogP contribution in [0.25, 0.3) is 0 Å². The zero-order chi connectivity index (χ0) is 19.4. The number of fused-ring (bicyclic) bond motifs is 3. The first kappa shape index (κ1) is 18.0. The van der Waals surface area contributed by atoms with Gasteiger partial charge in [0, 0.05) is 22.8 Å². The second-order valence-corrected chi connectivity index (χ2v) is 8.42. The summed E-state index contributed by atoms with van der Waals surface area (Å²) in [5.41, 5.74) is 0.655. The number of hydrogen-bond acceptors (Lipinski definition) is 6. The molecule has 2 fully saturated rings. The summed E-state index contributed by atoms with van der Waals surface area (Å²) in [6, 6.07) is 1.79. The minimum Gasteiger partial charge on any atom is -0.472 e. The first-order valence-corrected chi connectivity index (χ1v) is 9.35. The Hall–Kier alpha value is -2.37. The molecule has 2 aliphatic carbocycles. The van der Waals surface area contributed by atoms with E-state index in [0.717, 1.165) is 11.1 Å². The van der Waals surface area contributed by atoms with Gasteiger partial charge in [0.05, 0.1) is 31.5 Å². The lowest BCUT2D eigenvalue weighted by Crippen LogP contribution is -2.54. The van der Waals surface area contributed by atoms with Crippen molar-refractivity contribution in [2.45, 2.75) is 45.6 Å². The summed E-state index contributed by atoms with van der Waals surface area (Å²) in [6.45, 7) is 4.06. The van der Waals surface area contributed by atoms with Gasteiger partial charge in [-0.1, -0.05) is 19.4 Å². The van der Waals surface area contributed by atoms with Crippen molar-refractivity contribution in [1.29, 1.82) is 0 Å². The molecule has 3 aliphatic rings. The van der Waals surface area contributed by atoms with Crippen LogP contribution in [0.1, 0.15) is 51.2 Å². The lowest BCUT2D eigenvalue weighted by molar-refractivity contribution is -0.176. The van der Waals surface area contributed by atoms with Crippen molar-refractivity contribution in [3.63, 3.8) is 0 Å². The molecule has 0 amide bonds. The molecule has 1 saturated heterocycles. The summed E-state index contributed by atoms with van der Waals surface area (Å²) in [6.07, 6.45) is 6.39. The van der Waals surface area contributed by atoms with E-state index in [9.17, 15) is 14.4 Å². The van der Waals surface area contributed by atoms with Crippen molar-refractivity contribution in [3.05, 3.63) is 35.8 Å². The maximum Gasteiger partial charge on any atom is 0.310 e. The Kier molecular flexibility index (Phi) is 4.05. The molecule has 0 bridgehead atoms. The zero-order valence-electron chi connectivity index (χ0n) is 15.8. The largest absolute Gasteiger partial charge is 0.472 e. The van der Waals surface area contributed by atoms with E-state index in [4.69, 9.17) is 13.9 Å². The minimum atomic E-state index is -0.549. The Morgan fingerprint density at radius 1 is 1.26 bits per heavy atom. The average Bonchev–Trinajstić information content (AvgIpc) is 3.16. The zero-order valence-corrected chi connectivity index (χ0v) is 15.8. The van der Waals surface area contributed by atoms with Crippen molar-refractivity contribution in [3.8, 4) is 0 Å². The molecule has 1 aromatic rings. The number of carbonyl (C=O) groups is 3. The van der Waals surface area contributed by atoms with Crippen LogP contribution in [0.5, 0.6) is 0 Å². The molecule has 1 saturated carbocycles. The summed E-state index contributed by atoms with van der Waals surface area (Å²) in [4.78, 5) is 37.7. The summed E-state index contributed by atoms with van der Waals surface area (Å²) in [5, 5.41) is 0. The van der Waals surface area contributed by atoms with Gasteiger partial charge in [-0.05, 0) is 31.4 Å². The highest BCUT2D eigenvalue weighted by molar-refractivity contribution is 5.96. The van der Waals surface area contributed by atoms with Crippen molar-refractivity contribution in [2.75, 3.05) is 7.11 Å². The average molecular weight is 372 g/mol. The summed E-state index contributed by atoms with van der Waals surface area (Å²) >= 11 is 0. The molecule has 1 aliphatic heterocycles. The van der Waals surface area contributed by atoms with E-state index in [2.05, 4.69) is 0 Å². The van der Waals surface area contributed by atoms with E-state index in [-0.39, 0.29) is 30.1 Å². The third-order valence-electron chi connectivity index (χ3n) is 6.98. The fraction of sp³-hybridized carbons (Fsp3) is 0.571. The molecule has 6 heteroatoms. The normalized spacial score (nSPS) is 38.3. The molecule has 0 N–H and O–H groups in total. The van der Waals surface area contributed by atoms with E-state index in [1.807, 2.05) is 13.8 Å². The van der Waals surface area contributed by atoms with Crippen LogP contribution in [-0.4, -0.2) is 24.8 Å². The van der Waals surface area contributed by atoms with Gasteiger partial charge in [-0.3, -0.25) is 14.4 Å². The van der Waals surface area contributed by atoms with Crippen LogP contribution in [0.15, 0.2) is 34.7 Å². The molecule has 0 unspecified atom stereocenters. The van der Waals surface area contributed by atoms with E-state index >= 15 is 0 Å². The number of allylic oxidation sites excluding steroid dienone is 2. The molecule has 4 rings (SSSR count). The highest BCUT2D eigenvalue weighted by Crippen LogP contribution is 2.63. The number of rotatable bonds is 2. The Morgan fingerprint density at radius 2 is 2.04 bits per heavy atom. The molecule has 0 aromatic carbocycles. The molecule has 1 aromatic heterocycles. The number of methoxy groups -OCH3 is 1. The Bertz CT molecular complexity index is 822. The number of esters is 2. The number of furan rings is 1. The maximum absolute atomic E-state index is 12.8. The number of ketones is 1. The van der Waals surface area contributed by atoms with Crippen molar-refractivity contribution in [2.24, 2.45) is 22.7 Å². The van der Waals surface area contributed by atoms with Gasteiger partial charge in [0.2, 0.25) is 0 Å². The predicted octanol–water partition coefficient (Wildman–Crippen LogP) is 3.38. The van der Waals surface area contributed by atoms with Gasteiger partial charge in [0.1, 0.15) is 6.10 Å². The first-order chi connectivity index (χ1) is 12.8. The van der Waals surface area contributed by atoms with Crippen LogP contribution in [-0.2, 0) is 23.9 Å². The third-order valence-corrected chi connectivity index (χ3v) is 6.98. The van der Waals surface area contributed by atoms with Crippen molar-refractivity contribution in [1.82, 2.24) is 0 Å². The molecular weight excluding hydrogens is 348 g/mol. The van der Waals surface area contributed by atoms with Gasteiger partial charge >= 0.3 is 11.9 Å². The molecule has 144 valence electrons. The van der Waals surface area contributed by atoms with Crippen LogP contribution < -0.4 is 0 Å². The molecule has 5 atom stereocenters.